The van der Waals surface area contributed by atoms with E-state index in [4.69, 9.17) is 15.6 Å². The van der Waals surface area contributed by atoms with Crippen LogP contribution in [0.4, 0.5) is 15.8 Å². The second-order valence-electron chi connectivity index (χ2n) is 4.60. The smallest absolute Gasteiger partial charge is 0.167 e. The Morgan fingerprint density at radius 1 is 1.32 bits per heavy atom. The van der Waals surface area contributed by atoms with Gasteiger partial charge >= 0.3 is 0 Å². The van der Waals surface area contributed by atoms with E-state index >= 15 is 0 Å². The molecular weight excluding hydrogens is 249 g/mol. The number of β-amino-alcohol motifs (C(OH)–C–C–N with tert-alkyl or cyclic N) is 1. The van der Waals surface area contributed by atoms with Crippen LogP contribution in [0.1, 0.15) is 0 Å². The molecule has 0 radical (unpaired) electrons. The summed E-state index contributed by atoms with van der Waals surface area (Å²) in [5.41, 5.74) is 7.11. The molecule has 0 atom stereocenters. The van der Waals surface area contributed by atoms with E-state index in [0.717, 1.165) is 31.9 Å². The van der Waals surface area contributed by atoms with Crippen molar-refractivity contribution in [3.63, 3.8) is 0 Å². The molecule has 1 saturated heterocycles. The normalized spacial score (nSPS) is 16.7. The summed E-state index contributed by atoms with van der Waals surface area (Å²) >= 11 is 0. The van der Waals surface area contributed by atoms with E-state index in [1.54, 1.807) is 6.07 Å². The number of aliphatic hydroxyl groups excluding tert-OH is 1. The van der Waals surface area contributed by atoms with Crippen LogP contribution in [-0.4, -0.2) is 56.4 Å². The summed E-state index contributed by atoms with van der Waals surface area (Å²) in [4.78, 5) is 4.30. The van der Waals surface area contributed by atoms with E-state index in [1.165, 1.54) is 13.2 Å². The van der Waals surface area contributed by atoms with Crippen LogP contribution in [0.5, 0.6) is 5.75 Å². The molecule has 1 aromatic rings. The van der Waals surface area contributed by atoms with Crippen molar-refractivity contribution >= 4 is 11.4 Å². The maximum absolute atomic E-state index is 13.5. The first-order valence-corrected chi connectivity index (χ1v) is 6.37. The number of hydrogen-bond acceptors (Lipinski definition) is 5. The summed E-state index contributed by atoms with van der Waals surface area (Å²) in [6.07, 6.45) is 0. The van der Waals surface area contributed by atoms with E-state index in [2.05, 4.69) is 9.80 Å². The van der Waals surface area contributed by atoms with Gasteiger partial charge in [0.1, 0.15) is 0 Å². The molecule has 2 rings (SSSR count). The third-order valence-corrected chi connectivity index (χ3v) is 3.43. The molecule has 6 heteroatoms. The third kappa shape index (κ3) is 3.08. The highest BCUT2D eigenvalue weighted by Crippen LogP contribution is 2.31. The molecule has 0 aromatic heterocycles. The highest BCUT2D eigenvalue weighted by Gasteiger charge is 2.20. The van der Waals surface area contributed by atoms with Crippen LogP contribution < -0.4 is 15.4 Å². The van der Waals surface area contributed by atoms with Gasteiger partial charge in [-0.1, -0.05) is 0 Å². The van der Waals surface area contributed by atoms with Gasteiger partial charge in [0.05, 0.1) is 25.1 Å². The fourth-order valence-corrected chi connectivity index (χ4v) is 2.34. The first-order valence-electron chi connectivity index (χ1n) is 6.37. The Labute approximate surface area is 112 Å². The highest BCUT2D eigenvalue weighted by atomic mass is 19.1. The Morgan fingerprint density at radius 2 is 2.00 bits per heavy atom. The number of nitrogens with zero attached hydrogens (tertiary/aromatic N) is 2. The van der Waals surface area contributed by atoms with Gasteiger partial charge in [0, 0.05) is 44.9 Å². The molecule has 1 heterocycles. The Balaban J connectivity index is 2.11. The molecule has 1 aliphatic heterocycles. The molecule has 0 unspecified atom stereocenters. The van der Waals surface area contributed by atoms with Gasteiger partial charge in [0.2, 0.25) is 0 Å². The lowest BCUT2D eigenvalue weighted by Gasteiger charge is -2.36. The summed E-state index contributed by atoms with van der Waals surface area (Å²) in [7, 11) is 1.44. The van der Waals surface area contributed by atoms with Crippen LogP contribution in [0.2, 0.25) is 0 Å². The van der Waals surface area contributed by atoms with Crippen molar-refractivity contribution in [1.82, 2.24) is 4.90 Å². The highest BCUT2D eigenvalue weighted by molar-refractivity contribution is 5.70. The number of nitrogen functional groups attached to an aromatic ring is 1. The van der Waals surface area contributed by atoms with Crippen molar-refractivity contribution in [2.45, 2.75) is 0 Å². The molecule has 106 valence electrons. The average molecular weight is 269 g/mol. The Morgan fingerprint density at radius 3 is 2.58 bits per heavy atom. The summed E-state index contributed by atoms with van der Waals surface area (Å²) in [5.74, 6) is -0.232. The number of methoxy groups -OCH3 is 1. The molecule has 0 bridgehead atoms. The minimum Gasteiger partial charge on any atom is -0.494 e. The van der Waals surface area contributed by atoms with Gasteiger partial charge in [-0.25, -0.2) is 4.39 Å². The van der Waals surface area contributed by atoms with Crippen molar-refractivity contribution in [3.8, 4) is 5.75 Å². The first kappa shape index (κ1) is 13.9. The standard InChI is InChI=1S/C13H20FN3O2/c1-19-13-9-12(11(15)8-10(13)14)17-4-2-16(3-5-17)6-7-18/h8-9,18H,2-7,15H2,1H3. The summed E-state index contributed by atoms with van der Waals surface area (Å²) in [5, 5.41) is 8.91. The van der Waals surface area contributed by atoms with Gasteiger partial charge < -0.3 is 20.5 Å². The number of piperazine rings is 1. The topological polar surface area (TPSA) is 62.0 Å². The predicted octanol–water partition coefficient (Wildman–Crippen LogP) is 0.531. The van der Waals surface area contributed by atoms with Gasteiger partial charge in [-0.3, -0.25) is 4.90 Å². The second kappa shape index (κ2) is 6.08. The number of benzene rings is 1. The minimum atomic E-state index is -0.442. The first-order chi connectivity index (χ1) is 9.15. The van der Waals surface area contributed by atoms with E-state index in [1.807, 2.05) is 0 Å². The van der Waals surface area contributed by atoms with Crippen molar-refractivity contribution in [1.29, 1.82) is 0 Å². The van der Waals surface area contributed by atoms with Gasteiger partial charge in [0.15, 0.2) is 11.6 Å². The van der Waals surface area contributed by atoms with Crippen molar-refractivity contribution < 1.29 is 14.2 Å². The van der Waals surface area contributed by atoms with Crippen LogP contribution in [0.3, 0.4) is 0 Å². The fourth-order valence-electron chi connectivity index (χ4n) is 2.34. The van der Waals surface area contributed by atoms with E-state index < -0.39 is 5.82 Å². The lowest BCUT2D eigenvalue weighted by atomic mass is 10.2. The quantitative estimate of drug-likeness (QED) is 0.781. The van der Waals surface area contributed by atoms with Gasteiger partial charge in [0.25, 0.3) is 0 Å². The largest absolute Gasteiger partial charge is 0.494 e. The SMILES string of the molecule is COc1cc(N2CCN(CCO)CC2)c(N)cc1F. The lowest BCUT2D eigenvalue weighted by Crippen LogP contribution is -2.47. The number of ether oxygens (including phenoxy) is 1. The Kier molecular flexibility index (Phi) is 4.44. The fraction of sp³-hybridized carbons (Fsp3) is 0.538. The van der Waals surface area contributed by atoms with Crippen LogP contribution in [0.25, 0.3) is 0 Å². The molecule has 3 N–H and O–H groups in total. The molecular formula is C13H20FN3O2. The molecule has 0 saturated carbocycles. The molecule has 1 aliphatic rings. The number of aliphatic hydroxyl groups is 1. The average Bonchev–Trinajstić information content (AvgIpc) is 2.41. The number of anilines is 2. The maximum atomic E-state index is 13.5. The van der Waals surface area contributed by atoms with E-state index in [-0.39, 0.29) is 12.4 Å². The number of hydrogen-bond donors (Lipinski definition) is 2. The molecule has 0 aliphatic carbocycles. The molecule has 1 aromatic carbocycles. The predicted molar refractivity (Wildman–Crippen MR) is 73.1 cm³/mol. The van der Waals surface area contributed by atoms with Gasteiger partial charge in [-0.05, 0) is 0 Å². The molecule has 0 spiro atoms. The van der Waals surface area contributed by atoms with Crippen molar-refractivity contribution in [2.24, 2.45) is 0 Å². The van der Waals surface area contributed by atoms with Crippen molar-refractivity contribution in [2.75, 3.05) is 57.1 Å². The van der Waals surface area contributed by atoms with Gasteiger partial charge in [-0.15, -0.1) is 0 Å². The van der Waals surface area contributed by atoms with Crippen LogP contribution >= 0.6 is 0 Å². The summed E-state index contributed by atoms with van der Waals surface area (Å²) < 4.78 is 18.5. The zero-order chi connectivity index (χ0) is 13.8. The number of halogens is 1. The lowest BCUT2D eigenvalue weighted by molar-refractivity contribution is 0.189. The van der Waals surface area contributed by atoms with Crippen LogP contribution in [0.15, 0.2) is 12.1 Å². The zero-order valence-corrected chi connectivity index (χ0v) is 11.1. The summed E-state index contributed by atoms with van der Waals surface area (Å²) in [6, 6.07) is 2.95. The monoisotopic (exact) mass is 269 g/mol. The number of rotatable bonds is 4. The van der Waals surface area contributed by atoms with Gasteiger partial charge in [-0.2, -0.15) is 0 Å². The molecule has 5 nitrogen and oxygen atoms in total. The van der Waals surface area contributed by atoms with Crippen LogP contribution in [0, 0.1) is 5.82 Å². The summed E-state index contributed by atoms with van der Waals surface area (Å²) in [6.45, 7) is 4.19. The van der Waals surface area contributed by atoms with E-state index in [9.17, 15) is 4.39 Å². The minimum absolute atomic E-state index is 0.173. The Hall–Kier alpha value is -1.53. The van der Waals surface area contributed by atoms with E-state index in [0.29, 0.717) is 12.2 Å². The van der Waals surface area contributed by atoms with Crippen molar-refractivity contribution in [3.05, 3.63) is 17.9 Å². The third-order valence-electron chi connectivity index (χ3n) is 3.43. The molecule has 1 fully saturated rings. The molecule has 0 amide bonds. The van der Waals surface area contributed by atoms with Crippen LogP contribution in [-0.2, 0) is 0 Å². The maximum Gasteiger partial charge on any atom is 0.167 e. The number of nitrogens with two attached hydrogens (primary N) is 1. The zero-order valence-electron chi connectivity index (χ0n) is 11.1. The Bertz CT molecular complexity index is 434. The molecule has 19 heavy (non-hydrogen) atoms. The second-order valence-corrected chi connectivity index (χ2v) is 4.60.